The molecular weight excluding hydrogens is 425 g/mol. The van der Waals surface area contributed by atoms with Crippen molar-refractivity contribution in [2.45, 2.75) is 13.1 Å². The highest BCUT2D eigenvalue weighted by atomic mass is 35.5. The molecule has 0 saturated heterocycles. The number of halogens is 2. The minimum Gasteiger partial charge on any atom is -0.330 e. The summed E-state index contributed by atoms with van der Waals surface area (Å²) in [6, 6.07) is 33.0. The van der Waals surface area contributed by atoms with Crippen LogP contribution in [0.5, 0.6) is 0 Å². The molecule has 4 heteroatoms. The second kappa shape index (κ2) is 9.82. The first-order valence-corrected chi connectivity index (χ1v) is 10.8. The van der Waals surface area contributed by atoms with Gasteiger partial charge in [0.15, 0.2) is 0 Å². The molecule has 0 bridgehead atoms. The van der Waals surface area contributed by atoms with E-state index in [-0.39, 0.29) is 5.91 Å². The topological polar surface area (TPSA) is 20.3 Å². The van der Waals surface area contributed by atoms with Crippen molar-refractivity contribution in [3.63, 3.8) is 0 Å². The first-order chi connectivity index (χ1) is 15.1. The van der Waals surface area contributed by atoms with E-state index in [1.54, 1.807) is 6.07 Å². The van der Waals surface area contributed by atoms with Gasteiger partial charge in [-0.15, -0.1) is 0 Å². The maximum atomic E-state index is 13.8. The molecule has 0 saturated carbocycles. The van der Waals surface area contributed by atoms with Crippen LogP contribution in [0.3, 0.4) is 0 Å². The molecule has 0 aliphatic heterocycles. The Kier molecular flexibility index (Phi) is 6.71. The van der Waals surface area contributed by atoms with Crippen LogP contribution in [0.4, 0.5) is 0 Å². The highest BCUT2D eigenvalue weighted by Crippen LogP contribution is 2.35. The van der Waals surface area contributed by atoms with Crippen molar-refractivity contribution >= 4 is 29.1 Å². The molecule has 2 nitrogen and oxygen atoms in total. The number of hydrogen-bond donors (Lipinski definition) is 0. The summed E-state index contributed by atoms with van der Waals surface area (Å²) in [5, 5.41) is 0.911. The first-order valence-electron chi connectivity index (χ1n) is 10.0. The molecule has 31 heavy (non-hydrogen) atoms. The summed E-state index contributed by atoms with van der Waals surface area (Å²) in [5.41, 5.74) is 4.26. The molecule has 0 aromatic heterocycles. The van der Waals surface area contributed by atoms with E-state index >= 15 is 0 Å². The molecule has 4 rings (SSSR count). The summed E-state index contributed by atoms with van der Waals surface area (Å²) in [5.74, 6) is -0.0562. The van der Waals surface area contributed by atoms with Crippen molar-refractivity contribution in [1.29, 1.82) is 0 Å². The Morgan fingerprint density at radius 2 is 1.13 bits per heavy atom. The van der Waals surface area contributed by atoms with E-state index in [1.165, 1.54) is 0 Å². The van der Waals surface area contributed by atoms with Gasteiger partial charge >= 0.3 is 0 Å². The van der Waals surface area contributed by atoms with Crippen molar-refractivity contribution in [2.24, 2.45) is 0 Å². The summed E-state index contributed by atoms with van der Waals surface area (Å²) in [4.78, 5) is 15.7. The fourth-order valence-corrected chi connectivity index (χ4v) is 4.00. The maximum absolute atomic E-state index is 13.8. The number of carbonyl (C=O) groups is 1. The molecule has 0 atom stereocenters. The van der Waals surface area contributed by atoms with Crippen LogP contribution in [-0.2, 0) is 13.1 Å². The Labute approximate surface area is 192 Å². The van der Waals surface area contributed by atoms with Gasteiger partial charge in [0.05, 0.1) is 10.0 Å². The third kappa shape index (κ3) is 4.99. The van der Waals surface area contributed by atoms with Crippen LogP contribution in [0.25, 0.3) is 11.1 Å². The normalized spacial score (nSPS) is 10.6. The Balaban J connectivity index is 1.74. The van der Waals surface area contributed by atoms with E-state index in [0.717, 1.165) is 22.3 Å². The van der Waals surface area contributed by atoms with E-state index in [9.17, 15) is 4.79 Å². The SMILES string of the molecule is O=C(c1ccccc1-c1cccc(Cl)c1Cl)N(Cc1ccccc1)Cc1ccccc1. The van der Waals surface area contributed by atoms with Gasteiger partial charge in [-0.3, -0.25) is 4.79 Å². The van der Waals surface area contributed by atoms with Gasteiger partial charge in [-0.05, 0) is 28.8 Å². The molecular formula is C27H21Cl2NO. The van der Waals surface area contributed by atoms with Crippen LogP contribution < -0.4 is 0 Å². The molecule has 0 N–H and O–H groups in total. The predicted octanol–water partition coefficient (Wildman–Crippen LogP) is 7.50. The van der Waals surface area contributed by atoms with Crippen molar-refractivity contribution in [2.75, 3.05) is 0 Å². The first kappa shape index (κ1) is 21.2. The lowest BCUT2D eigenvalue weighted by Crippen LogP contribution is -2.30. The van der Waals surface area contributed by atoms with Gasteiger partial charge in [0.25, 0.3) is 5.91 Å². The average molecular weight is 446 g/mol. The van der Waals surface area contributed by atoms with Crippen LogP contribution in [0, 0.1) is 0 Å². The Hall–Kier alpha value is -3.07. The standard InChI is InChI=1S/C27H21Cl2NO/c28-25-17-9-16-23(26(25)29)22-14-7-8-15-24(22)27(31)30(18-20-10-3-1-4-11-20)19-21-12-5-2-6-13-21/h1-17H,18-19H2. The molecule has 0 heterocycles. The second-order valence-electron chi connectivity index (χ2n) is 7.28. The fourth-order valence-electron chi connectivity index (χ4n) is 3.59. The maximum Gasteiger partial charge on any atom is 0.255 e. The Morgan fingerprint density at radius 3 is 1.74 bits per heavy atom. The number of benzene rings is 4. The summed E-state index contributed by atoms with van der Waals surface area (Å²) in [6.07, 6.45) is 0. The second-order valence-corrected chi connectivity index (χ2v) is 8.06. The molecule has 0 radical (unpaired) electrons. The van der Waals surface area contributed by atoms with E-state index in [2.05, 4.69) is 0 Å². The van der Waals surface area contributed by atoms with Crippen LogP contribution in [0.15, 0.2) is 103 Å². The zero-order valence-corrected chi connectivity index (χ0v) is 18.4. The van der Waals surface area contributed by atoms with Gasteiger partial charge in [-0.25, -0.2) is 0 Å². The van der Waals surface area contributed by atoms with Crippen LogP contribution in [-0.4, -0.2) is 10.8 Å². The average Bonchev–Trinajstić information content (AvgIpc) is 2.81. The van der Waals surface area contributed by atoms with Gasteiger partial charge in [0.2, 0.25) is 0 Å². The predicted molar refractivity (Wildman–Crippen MR) is 128 cm³/mol. The highest BCUT2D eigenvalue weighted by molar-refractivity contribution is 6.43. The monoisotopic (exact) mass is 445 g/mol. The lowest BCUT2D eigenvalue weighted by molar-refractivity contribution is 0.0731. The van der Waals surface area contributed by atoms with Gasteiger partial charge < -0.3 is 4.90 Å². The van der Waals surface area contributed by atoms with E-state index < -0.39 is 0 Å². The van der Waals surface area contributed by atoms with Gasteiger partial charge in [-0.1, -0.05) is 114 Å². The number of hydrogen-bond acceptors (Lipinski definition) is 1. The van der Waals surface area contributed by atoms with Gasteiger partial charge in [0, 0.05) is 24.2 Å². The number of carbonyl (C=O) groups excluding carboxylic acids is 1. The van der Waals surface area contributed by atoms with Crippen molar-refractivity contribution in [1.82, 2.24) is 4.90 Å². The zero-order valence-electron chi connectivity index (χ0n) is 16.8. The molecule has 0 spiro atoms. The minimum absolute atomic E-state index is 0.0562. The quantitative estimate of drug-likeness (QED) is 0.300. The number of nitrogens with zero attached hydrogens (tertiary/aromatic N) is 1. The third-order valence-corrected chi connectivity index (χ3v) is 5.94. The molecule has 4 aromatic carbocycles. The van der Waals surface area contributed by atoms with E-state index in [1.807, 2.05) is 102 Å². The van der Waals surface area contributed by atoms with Crippen LogP contribution >= 0.6 is 23.2 Å². The zero-order chi connectivity index (χ0) is 21.6. The largest absolute Gasteiger partial charge is 0.330 e. The number of amides is 1. The third-order valence-electron chi connectivity index (χ3n) is 5.12. The van der Waals surface area contributed by atoms with E-state index in [4.69, 9.17) is 23.2 Å². The summed E-state index contributed by atoms with van der Waals surface area (Å²) in [7, 11) is 0. The van der Waals surface area contributed by atoms with Crippen molar-refractivity contribution in [3.05, 3.63) is 130 Å². The van der Waals surface area contributed by atoms with Gasteiger partial charge in [0.1, 0.15) is 0 Å². The van der Waals surface area contributed by atoms with Crippen molar-refractivity contribution in [3.8, 4) is 11.1 Å². The fraction of sp³-hybridized carbons (Fsp3) is 0.0741. The molecule has 0 fully saturated rings. The Morgan fingerprint density at radius 1 is 0.613 bits per heavy atom. The van der Waals surface area contributed by atoms with E-state index in [0.29, 0.717) is 28.7 Å². The molecule has 1 amide bonds. The minimum atomic E-state index is -0.0562. The Bertz CT molecular complexity index is 1130. The highest BCUT2D eigenvalue weighted by Gasteiger charge is 2.21. The summed E-state index contributed by atoms with van der Waals surface area (Å²) in [6.45, 7) is 1.01. The lowest BCUT2D eigenvalue weighted by Gasteiger charge is -2.24. The molecule has 0 aliphatic rings. The van der Waals surface area contributed by atoms with Gasteiger partial charge in [-0.2, -0.15) is 0 Å². The summed E-state index contributed by atoms with van der Waals surface area (Å²) >= 11 is 12.7. The molecule has 0 aliphatic carbocycles. The molecule has 0 unspecified atom stereocenters. The smallest absolute Gasteiger partial charge is 0.255 e. The van der Waals surface area contributed by atoms with Crippen LogP contribution in [0.1, 0.15) is 21.5 Å². The lowest BCUT2D eigenvalue weighted by atomic mass is 9.98. The molecule has 4 aromatic rings. The molecule has 154 valence electrons. The number of rotatable bonds is 6. The summed E-state index contributed by atoms with van der Waals surface area (Å²) < 4.78 is 0. The van der Waals surface area contributed by atoms with Crippen LogP contribution in [0.2, 0.25) is 10.0 Å². The van der Waals surface area contributed by atoms with Crippen molar-refractivity contribution < 1.29 is 4.79 Å².